The van der Waals surface area contributed by atoms with E-state index in [-0.39, 0.29) is 11.6 Å². The van der Waals surface area contributed by atoms with Gasteiger partial charge in [-0.25, -0.2) is 8.78 Å². The smallest absolute Gasteiger partial charge is 0.130 e. The van der Waals surface area contributed by atoms with Crippen molar-refractivity contribution in [3.8, 4) is 0 Å². The third-order valence-corrected chi connectivity index (χ3v) is 3.12. The third kappa shape index (κ3) is 3.15. The lowest BCUT2D eigenvalue weighted by molar-refractivity contribution is 0.449. The molecule has 19 heavy (non-hydrogen) atoms. The maximum atomic E-state index is 13.7. The average molecular weight is 262 g/mol. The van der Waals surface area contributed by atoms with Crippen LogP contribution in [0.3, 0.4) is 0 Å². The fourth-order valence-corrected chi connectivity index (χ4v) is 2.11. The van der Waals surface area contributed by atoms with Gasteiger partial charge in [-0.3, -0.25) is 4.98 Å². The second-order valence-electron chi connectivity index (χ2n) is 4.53. The number of aromatic nitrogens is 1. The number of hydrogen-bond donors (Lipinski definition) is 1. The van der Waals surface area contributed by atoms with E-state index in [1.165, 1.54) is 18.2 Å². The minimum Gasteiger partial charge on any atom is -0.303 e. The van der Waals surface area contributed by atoms with Crippen LogP contribution in [0.5, 0.6) is 0 Å². The standard InChI is InChI=1S/C15H16F2N2/c1-10(12-5-4-8-18-9-12)19-11(2)15-13(16)6-3-7-14(15)17/h3-11,19H,1-2H3. The van der Waals surface area contributed by atoms with Crippen LogP contribution in [0.2, 0.25) is 0 Å². The number of halogens is 2. The molecular formula is C15H16F2N2. The Morgan fingerprint density at radius 3 is 2.26 bits per heavy atom. The SMILES string of the molecule is CC(NC(C)c1c(F)cccc1F)c1cccnc1. The summed E-state index contributed by atoms with van der Waals surface area (Å²) in [7, 11) is 0. The van der Waals surface area contributed by atoms with E-state index in [9.17, 15) is 8.78 Å². The molecule has 0 spiro atoms. The summed E-state index contributed by atoms with van der Waals surface area (Å²) < 4.78 is 27.3. The minimum atomic E-state index is -0.529. The van der Waals surface area contributed by atoms with Crippen molar-refractivity contribution in [2.75, 3.05) is 0 Å². The van der Waals surface area contributed by atoms with Crippen molar-refractivity contribution in [3.63, 3.8) is 0 Å². The number of rotatable bonds is 4. The Bertz CT molecular complexity index is 523. The van der Waals surface area contributed by atoms with E-state index in [1.807, 2.05) is 19.1 Å². The van der Waals surface area contributed by atoms with Gasteiger partial charge in [0, 0.05) is 30.0 Å². The molecule has 0 saturated heterocycles. The lowest BCUT2D eigenvalue weighted by Gasteiger charge is -2.21. The molecule has 2 unspecified atom stereocenters. The fourth-order valence-electron chi connectivity index (χ4n) is 2.11. The monoisotopic (exact) mass is 262 g/mol. The number of hydrogen-bond acceptors (Lipinski definition) is 2. The second-order valence-corrected chi connectivity index (χ2v) is 4.53. The van der Waals surface area contributed by atoms with Crippen molar-refractivity contribution in [3.05, 3.63) is 65.5 Å². The Labute approximate surface area is 111 Å². The summed E-state index contributed by atoms with van der Waals surface area (Å²) in [6.45, 7) is 3.68. The first kappa shape index (κ1) is 13.6. The van der Waals surface area contributed by atoms with Gasteiger partial charge in [0.05, 0.1) is 0 Å². The van der Waals surface area contributed by atoms with E-state index < -0.39 is 17.7 Å². The number of nitrogens with one attached hydrogen (secondary N) is 1. The highest BCUT2D eigenvalue weighted by atomic mass is 19.1. The highest BCUT2D eigenvalue weighted by Crippen LogP contribution is 2.23. The topological polar surface area (TPSA) is 24.9 Å². The quantitative estimate of drug-likeness (QED) is 0.907. The molecule has 2 aromatic rings. The Balaban J connectivity index is 2.15. The molecule has 0 fully saturated rings. The molecule has 0 saturated carbocycles. The summed E-state index contributed by atoms with van der Waals surface area (Å²) in [5.74, 6) is -1.06. The van der Waals surface area contributed by atoms with Crippen molar-refractivity contribution in [1.29, 1.82) is 0 Å². The number of pyridine rings is 1. The molecule has 0 aliphatic rings. The molecule has 0 aliphatic carbocycles. The molecule has 1 heterocycles. The van der Waals surface area contributed by atoms with E-state index >= 15 is 0 Å². The zero-order valence-electron chi connectivity index (χ0n) is 10.9. The minimum absolute atomic E-state index is 0.0392. The van der Waals surface area contributed by atoms with Gasteiger partial charge in [-0.15, -0.1) is 0 Å². The lowest BCUT2D eigenvalue weighted by Crippen LogP contribution is -2.24. The molecule has 0 radical (unpaired) electrons. The van der Waals surface area contributed by atoms with Crippen LogP contribution in [0.25, 0.3) is 0 Å². The van der Waals surface area contributed by atoms with Gasteiger partial charge in [-0.05, 0) is 37.6 Å². The molecular weight excluding hydrogens is 246 g/mol. The molecule has 1 N–H and O–H groups in total. The van der Waals surface area contributed by atoms with E-state index in [0.29, 0.717) is 0 Å². The third-order valence-electron chi connectivity index (χ3n) is 3.12. The van der Waals surface area contributed by atoms with Crippen molar-refractivity contribution < 1.29 is 8.78 Å². The van der Waals surface area contributed by atoms with E-state index in [2.05, 4.69) is 10.3 Å². The van der Waals surface area contributed by atoms with E-state index in [4.69, 9.17) is 0 Å². The maximum absolute atomic E-state index is 13.7. The van der Waals surface area contributed by atoms with Gasteiger partial charge in [0.1, 0.15) is 11.6 Å². The first-order valence-electron chi connectivity index (χ1n) is 6.19. The van der Waals surface area contributed by atoms with Crippen molar-refractivity contribution in [2.24, 2.45) is 0 Å². The van der Waals surface area contributed by atoms with Crippen LogP contribution in [0, 0.1) is 11.6 Å². The fraction of sp³-hybridized carbons (Fsp3) is 0.267. The van der Waals surface area contributed by atoms with E-state index in [0.717, 1.165) is 5.56 Å². The molecule has 2 nitrogen and oxygen atoms in total. The van der Waals surface area contributed by atoms with Crippen LogP contribution in [-0.2, 0) is 0 Å². The molecule has 2 atom stereocenters. The number of nitrogens with zero attached hydrogens (tertiary/aromatic N) is 1. The summed E-state index contributed by atoms with van der Waals surface area (Å²) in [5, 5.41) is 3.17. The van der Waals surface area contributed by atoms with Gasteiger partial charge in [-0.2, -0.15) is 0 Å². The Morgan fingerprint density at radius 1 is 1.00 bits per heavy atom. The first-order valence-corrected chi connectivity index (χ1v) is 6.19. The van der Waals surface area contributed by atoms with Gasteiger partial charge in [0.25, 0.3) is 0 Å². The Hall–Kier alpha value is -1.81. The molecule has 0 amide bonds. The van der Waals surface area contributed by atoms with Gasteiger partial charge < -0.3 is 5.32 Å². The average Bonchev–Trinajstić information content (AvgIpc) is 2.39. The first-order chi connectivity index (χ1) is 9.09. The van der Waals surface area contributed by atoms with Crippen molar-refractivity contribution in [2.45, 2.75) is 25.9 Å². The largest absolute Gasteiger partial charge is 0.303 e. The van der Waals surface area contributed by atoms with Crippen molar-refractivity contribution >= 4 is 0 Å². The summed E-state index contributed by atoms with van der Waals surface area (Å²) in [5.41, 5.74) is 1.05. The van der Waals surface area contributed by atoms with Crippen LogP contribution in [0.4, 0.5) is 8.78 Å². The Morgan fingerprint density at radius 2 is 1.68 bits per heavy atom. The normalized spacial score (nSPS) is 14.1. The zero-order chi connectivity index (χ0) is 13.8. The highest BCUT2D eigenvalue weighted by Gasteiger charge is 2.18. The second kappa shape index (κ2) is 5.89. The van der Waals surface area contributed by atoms with Gasteiger partial charge >= 0.3 is 0 Å². The van der Waals surface area contributed by atoms with Gasteiger partial charge in [-0.1, -0.05) is 12.1 Å². The molecule has 0 bridgehead atoms. The van der Waals surface area contributed by atoms with Crippen LogP contribution in [0.15, 0.2) is 42.7 Å². The van der Waals surface area contributed by atoms with Gasteiger partial charge in [0.2, 0.25) is 0 Å². The lowest BCUT2D eigenvalue weighted by atomic mass is 10.0. The Kier molecular flexibility index (Phi) is 4.22. The predicted molar refractivity (Wildman–Crippen MR) is 70.6 cm³/mol. The van der Waals surface area contributed by atoms with Crippen LogP contribution < -0.4 is 5.32 Å². The summed E-state index contributed by atoms with van der Waals surface area (Å²) in [4.78, 5) is 4.03. The molecule has 1 aromatic heterocycles. The maximum Gasteiger partial charge on any atom is 0.130 e. The van der Waals surface area contributed by atoms with Crippen LogP contribution in [-0.4, -0.2) is 4.98 Å². The summed E-state index contributed by atoms with van der Waals surface area (Å²) in [6.07, 6.45) is 3.43. The van der Waals surface area contributed by atoms with Gasteiger partial charge in [0.15, 0.2) is 0 Å². The molecule has 100 valence electrons. The highest BCUT2D eigenvalue weighted by molar-refractivity contribution is 5.23. The number of benzene rings is 1. The summed E-state index contributed by atoms with van der Waals surface area (Å²) in [6, 6.07) is 7.21. The predicted octanol–water partition coefficient (Wildman–Crippen LogP) is 3.77. The molecule has 2 rings (SSSR count). The van der Waals surface area contributed by atoms with Crippen LogP contribution in [0.1, 0.15) is 37.1 Å². The van der Waals surface area contributed by atoms with Crippen molar-refractivity contribution in [1.82, 2.24) is 10.3 Å². The zero-order valence-corrected chi connectivity index (χ0v) is 10.9. The van der Waals surface area contributed by atoms with E-state index in [1.54, 1.807) is 19.3 Å². The van der Waals surface area contributed by atoms with Crippen LogP contribution >= 0.6 is 0 Å². The molecule has 1 aromatic carbocycles. The summed E-state index contributed by atoms with van der Waals surface area (Å²) >= 11 is 0. The molecule has 4 heteroatoms. The molecule has 0 aliphatic heterocycles.